The molecule has 0 unspecified atom stereocenters. The Morgan fingerprint density at radius 2 is 1.55 bits per heavy atom. The average molecular weight is 320 g/mol. The van der Waals surface area contributed by atoms with E-state index in [1.807, 2.05) is 36.4 Å². The number of sulfonamides is 1. The van der Waals surface area contributed by atoms with Crippen molar-refractivity contribution in [1.29, 1.82) is 0 Å². The highest BCUT2D eigenvalue weighted by molar-refractivity contribution is 7.92. The predicted molar refractivity (Wildman–Crippen MR) is 89.8 cm³/mol. The standard InChI is InChI=1S/C16H20N2O3S/c1-3-22(19,20)18-15-8-6-14(7-9-15)17-12-13-4-10-16(21-2)11-5-13/h4-11,17-18H,3,12H2,1-2H3. The molecule has 0 heterocycles. The van der Waals surface area contributed by atoms with E-state index < -0.39 is 10.0 Å². The van der Waals surface area contributed by atoms with Gasteiger partial charge in [0, 0.05) is 17.9 Å². The van der Waals surface area contributed by atoms with Gasteiger partial charge in [0.15, 0.2) is 0 Å². The van der Waals surface area contributed by atoms with Crippen LogP contribution in [-0.2, 0) is 16.6 Å². The molecule has 118 valence electrons. The van der Waals surface area contributed by atoms with E-state index in [-0.39, 0.29) is 5.75 Å². The molecule has 0 aliphatic rings. The van der Waals surface area contributed by atoms with Crippen LogP contribution in [0.4, 0.5) is 11.4 Å². The molecule has 0 radical (unpaired) electrons. The van der Waals surface area contributed by atoms with E-state index >= 15 is 0 Å². The minimum atomic E-state index is -3.23. The van der Waals surface area contributed by atoms with Crippen LogP contribution in [0.1, 0.15) is 12.5 Å². The number of ether oxygens (including phenoxy) is 1. The van der Waals surface area contributed by atoms with Gasteiger partial charge in [-0.05, 0) is 48.9 Å². The first-order valence-electron chi connectivity index (χ1n) is 7.00. The van der Waals surface area contributed by atoms with Gasteiger partial charge in [0.25, 0.3) is 0 Å². The second-order valence-corrected chi connectivity index (χ2v) is 6.80. The Morgan fingerprint density at radius 1 is 0.955 bits per heavy atom. The Morgan fingerprint density at radius 3 is 2.09 bits per heavy atom. The van der Waals surface area contributed by atoms with Crippen LogP contribution in [-0.4, -0.2) is 21.3 Å². The lowest BCUT2D eigenvalue weighted by molar-refractivity contribution is 0.414. The molecule has 6 heteroatoms. The Bertz CT molecular complexity index is 695. The SMILES string of the molecule is CCS(=O)(=O)Nc1ccc(NCc2ccc(OC)cc2)cc1. The van der Waals surface area contributed by atoms with Crippen molar-refractivity contribution in [2.45, 2.75) is 13.5 Å². The zero-order chi connectivity index (χ0) is 16.0. The van der Waals surface area contributed by atoms with Gasteiger partial charge < -0.3 is 10.1 Å². The van der Waals surface area contributed by atoms with Crippen LogP contribution in [0.25, 0.3) is 0 Å². The number of nitrogens with one attached hydrogen (secondary N) is 2. The third kappa shape index (κ3) is 4.66. The average Bonchev–Trinajstić information content (AvgIpc) is 2.54. The van der Waals surface area contributed by atoms with Gasteiger partial charge >= 0.3 is 0 Å². The Hall–Kier alpha value is -2.21. The third-order valence-electron chi connectivity index (χ3n) is 3.19. The molecule has 2 rings (SSSR count). The summed E-state index contributed by atoms with van der Waals surface area (Å²) in [5.74, 6) is 0.890. The largest absolute Gasteiger partial charge is 0.497 e. The number of rotatable bonds is 7. The summed E-state index contributed by atoms with van der Waals surface area (Å²) in [7, 11) is -1.59. The second kappa shape index (κ2) is 7.17. The van der Waals surface area contributed by atoms with Crippen LogP contribution in [0, 0.1) is 0 Å². The highest BCUT2D eigenvalue weighted by Gasteiger charge is 2.06. The van der Waals surface area contributed by atoms with Crippen molar-refractivity contribution >= 4 is 21.4 Å². The number of anilines is 2. The van der Waals surface area contributed by atoms with Gasteiger partial charge in [-0.15, -0.1) is 0 Å². The van der Waals surface area contributed by atoms with E-state index in [4.69, 9.17) is 4.74 Å². The predicted octanol–water partition coefficient (Wildman–Crippen LogP) is 3.07. The lowest BCUT2D eigenvalue weighted by atomic mass is 10.2. The van der Waals surface area contributed by atoms with Crippen molar-refractivity contribution < 1.29 is 13.2 Å². The van der Waals surface area contributed by atoms with Crippen molar-refractivity contribution in [3.63, 3.8) is 0 Å². The quantitative estimate of drug-likeness (QED) is 0.823. The molecule has 0 aliphatic heterocycles. The summed E-state index contributed by atoms with van der Waals surface area (Å²) in [6, 6.07) is 15.0. The minimum Gasteiger partial charge on any atom is -0.497 e. The van der Waals surface area contributed by atoms with Crippen molar-refractivity contribution in [2.75, 3.05) is 22.9 Å². The number of hydrogen-bond donors (Lipinski definition) is 2. The van der Waals surface area contributed by atoms with E-state index in [9.17, 15) is 8.42 Å². The Labute approximate surface area is 131 Å². The van der Waals surface area contributed by atoms with Gasteiger partial charge in [0.1, 0.15) is 5.75 Å². The molecule has 2 N–H and O–H groups in total. The summed E-state index contributed by atoms with van der Waals surface area (Å²) in [4.78, 5) is 0. The molecule has 0 aliphatic carbocycles. The van der Waals surface area contributed by atoms with Crippen molar-refractivity contribution in [1.82, 2.24) is 0 Å². The molecule has 0 atom stereocenters. The number of hydrogen-bond acceptors (Lipinski definition) is 4. The van der Waals surface area contributed by atoms with Crippen LogP contribution >= 0.6 is 0 Å². The third-order valence-corrected chi connectivity index (χ3v) is 4.50. The maximum absolute atomic E-state index is 11.5. The molecule has 0 spiro atoms. The molecule has 0 saturated heterocycles. The summed E-state index contributed by atoms with van der Waals surface area (Å²) < 4.78 is 30.6. The summed E-state index contributed by atoms with van der Waals surface area (Å²) in [6.45, 7) is 2.29. The molecule has 0 saturated carbocycles. The molecule has 5 nitrogen and oxygen atoms in total. The monoisotopic (exact) mass is 320 g/mol. The zero-order valence-electron chi connectivity index (χ0n) is 12.7. The van der Waals surface area contributed by atoms with Crippen LogP contribution in [0.2, 0.25) is 0 Å². The maximum atomic E-state index is 11.5. The first-order valence-corrected chi connectivity index (χ1v) is 8.65. The van der Waals surface area contributed by atoms with Crippen LogP contribution < -0.4 is 14.8 Å². The lowest BCUT2D eigenvalue weighted by Gasteiger charge is -2.09. The summed E-state index contributed by atoms with van der Waals surface area (Å²) in [5.41, 5.74) is 2.63. The highest BCUT2D eigenvalue weighted by Crippen LogP contribution is 2.17. The molecule has 2 aromatic rings. The normalized spacial score (nSPS) is 11.0. The van der Waals surface area contributed by atoms with E-state index in [0.29, 0.717) is 12.2 Å². The molecule has 0 aromatic heterocycles. The van der Waals surface area contributed by atoms with Crippen LogP contribution in [0.3, 0.4) is 0 Å². The first kappa shape index (κ1) is 16.2. The van der Waals surface area contributed by atoms with Crippen molar-refractivity contribution in [2.24, 2.45) is 0 Å². The molecule has 22 heavy (non-hydrogen) atoms. The Balaban J connectivity index is 1.93. The van der Waals surface area contributed by atoms with Gasteiger partial charge in [-0.2, -0.15) is 0 Å². The molecule has 0 fully saturated rings. The van der Waals surface area contributed by atoms with Crippen molar-refractivity contribution in [3.8, 4) is 5.75 Å². The second-order valence-electron chi connectivity index (χ2n) is 4.78. The summed E-state index contributed by atoms with van der Waals surface area (Å²) >= 11 is 0. The minimum absolute atomic E-state index is 0.0600. The highest BCUT2D eigenvalue weighted by atomic mass is 32.2. The number of benzene rings is 2. The topological polar surface area (TPSA) is 67.4 Å². The smallest absolute Gasteiger partial charge is 0.232 e. The van der Waals surface area contributed by atoms with Crippen LogP contribution in [0.15, 0.2) is 48.5 Å². The zero-order valence-corrected chi connectivity index (χ0v) is 13.5. The van der Waals surface area contributed by atoms with Gasteiger partial charge in [0.05, 0.1) is 12.9 Å². The van der Waals surface area contributed by atoms with Crippen molar-refractivity contribution in [3.05, 3.63) is 54.1 Å². The Kier molecular flexibility index (Phi) is 5.27. The van der Waals surface area contributed by atoms with E-state index in [2.05, 4.69) is 10.0 Å². The van der Waals surface area contributed by atoms with Gasteiger partial charge in [0.2, 0.25) is 10.0 Å². The van der Waals surface area contributed by atoms with Gasteiger partial charge in [-0.3, -0.25) is 4.72 Å². The van der Waals surface area contributed by atoms with Crippen LogP contribution in [0.5, 0.6) is 5.75 Å². The fraction of sp³-hybridized carbons (Fsp3) is 0.250. The molecular formula is C16H20N2O3S. The fourth-order valence-electron chi connectivity index (χ4n) is 1.86. The van der Waals surface area contributed by atoms with Gasteiger partial charge in [-0.1, -0.05) is 12.1 Å². The summed E-state index contributed by atoms with van der Waals surface area (Å²) in [5, 5.41) is 3.28. The summed E-state index contributed by atoms with van der Waals surface area (Å²) in [6.07, 6.45) is 0. The molecule has 0 amide bonds. The van der Waals surface area contributed by atoms with E-state index in [1.165, 1.54) is 0 Å². The molecule has 0 bridgehead atoms. The molecular weight excluding hydrogens is 300 g/mol. The fourth-order valence-corrected chi connectivity index (χ4v) is 2.49. The first-order chi connectivity index (χ1) is 10.5. The molecule has 2 aromatic carbocycles. The maximum Gasteiger partial charge on any atom is 0.232 e. The lowest BCUT2D eigenvalue weighted by Crippen LogP contribution is -2.14. The number of methoxy groups -OCH3 is 1. The van der Waals surface area contributed by atoms with E-state index in [1.54, 1.807) is 26.2 Å². The van der Waals surface area contributed by atoms with E-state index in [0.717, 1.165) is 17.0 Å². The van der Waals surface area contributed by atoms with Gasteiger partial charge in [-0.25, -0.2) is 8.42 Å².